The number of nitro benzene ring substituents is 1. The first-order valence-corrected chi connectivity index (χ1v) is 5.82. The minimum atomic E-state index is -0.532. The smallest absolute Gasteiger partial charge is 0.273 e. The maximum Gasteiger partial charge on any atom is 0.273 e. The van der Waals surface area contributed by atoms with E-state index < -0.39 is 4.92 Å². The Bertz CT molecular complexity index is 497. The number of amides is 1. The summed E-state index contributed by atoms with van der Waals surface area (Å²) in [6.07, 6.45) is 4.57. The number of carbonyl (C=O) groups excluding carboxylic acids is 1. The lowest BCUT2D eigenvalue weighted by Crippen LogP contribution is -2.24. The molecule has 0 aromatic heterocycles. The van der Waals surface area contributed by atoms with Crippen molar-refractivity contribution in [2.45, 2.75) is 13.3 Å². The van der Waals surface area contributed by atoms with Gasteiger partial charge in [0, 0.05) is 12.6 Å². The van der Waals surface area contributed by atoms with E-state index in [1.165, 1.54) is 25.3 Å². The summed E-state index contributed by atoms with van der Waals surface area (Å²) in [5.41, 5.74) is 0.177. The van der Waals surface area contributed by atoms with Gasteiger partial charge >= 0.3 is 0 Å². The summed E-state index contributed by atoms with van der Waals surface area (Å²) in [6, 6.07) is 3.91. The number of ether oxygens (including phenoxy) is 1. The maximum absolute atomic E-state index is 11.9. The highest BCUT2D eigenvalue weighted by Crippen LogP contribution is 2.24. The number of nitrogens with one attached hydrogen (secondary N) is 1. The van der Waals surface area contributed by atoms with E-state index in [4.69, 9.17) is 4.74 Å². The Kier molecular flexibility index (Phi) is 5.53. The van der Waals surface area contributed by atoms with Crippen molar-refractivity contribution >= 4 is 11.6 Å². The van der Waals surface area contributed by atoms with E-state index in [-0.39, 0.29) is 22.9 Å². The van der Waals surface area contributed by atoms with Crippen LogP contribution in [0.25, 0.3) is 0 Å². The summed E-state index contributed by atoms with van der Waals surface area (Å²) in [5.74, 6) is -0.117. The zero-order valence-electron chi connectivity index (χ0n) is 10.9. The first kappa shape index (κ1) is 14.7. The van der Waals surface area contributed by atoms with Gasteiger partial charge in [-0.3, -0.25) is 14.9 Å². The van der Waals surface area contributed by atoms with Gasteiger partial charge in [0.2, 0.25) is 0 Å². The number of non-ortho nitro benzene ring substituents is 1. The van der Waals surface area contributed by atoms with E-state index in [0.29, 0.717) is 6.54 Å². The highest BCUT2D eigenvalue weighted by Gasteiger charge is 2.16. The lowest BCUT2D eigenvalue weighted by molar-refractivity contribution is -0.384. The molecule has 19 heavy (non-hydrogen) atoms. The van der Waals surface area contributed by atoms with Crippen LogP contribution in [0.1, 0.15) is 23.7 Å². The molecule has 0 atom stereocenters. The molecule has 1 aromatic carbocycles. The molecule has 6 nitrogen and oxygen atoms in total. The van der Waals surface area contributed by atoms with Crippen LogP contribution in [0.3, 0.4) is 0 Å². The SMILES string of the molecule is C/C=C/CCNC(=O)c1ccc([N+](=O)[O-])cc1OC. The fourth-order valence-corrected chi connectivity index (χ4v) is 1.51. The van der Waals surface area contributed by atoms with Crippen LogP contribution in [-0.2, 0) is 0 Å². The van der Waals surface area contributed by atoms with Crippen LogP contribution in [0.2, 0.25) is 0 Å². The van der Waals surface area contributed by atoms with Gasteiger partial charge < -0.3 is 10.1 Å². The zero-order valence-corrected chi connectivity index (χ0v) is 10.9. The van der Waals surface area contributed by atoms with Gasteiger partial charge in [0.1, 0.15) is 5.75 Å². The molecule has 1 amide bonds. The van der Waals surface area contributed by atoms with Gasteiger partial charge in [0.25, 0.3) is 11.6 Å². The molecular weight excluding hydrogens is 248 g/mol. The normalized spacial score (nSPS) is 10.4. The Labute approximate surface area is 111 Å². The summed E-state index contributed by atoms with van der Waals surface area (Å²) >= 11 is 0. The molecule has 1 aromatic rings. The van der Waals surface area contributed by atoms with Crippen LogP contribution in [0.5, 0.6) is 5.75 Å². The maximum atomic E-state index is 11.9. The third-order valence-electron chi connectivity index (χ3n) is 2.47. The van der Waals surface area contributed by atoms with Crippen molar-refractivity contribution < 1.29 is 14.5 Å². The number of hydrogen-bond donors (Lipinski definition) is 1. The van der Waals surface area contributed by atoms with E-state index in [9.17, 15) is 14.9 Å². The Balaban J connectivity index is 2.81. The molecule has 0 radical (unpaired) electrons. The van der Waals surface area contributed by atoms with Gasteiger partial charge in [-0.1, -0.05) is 12.2 Å². The summed E-state index contributed by atoms with van der Waals surface area (Å²) in [4.78, 5) is 22.0. The van der Waals surface area contributed by atoms with Crippen molar-refractivity contribution in [2.24, 2.45) is 0 Å². The number of benzene rings is 1. The Morgan fingerprint density at radius 3 is 2.84 bits per heavy atom. The monoisotopic (exact) mass is 264 g/mol. The van der Waals surface area contributed by atoms with Crippen molar-refractivity contribution in [3.63, 3.8) is 0 Å². The average Bonchev–Trinajstić information content (AvgIpc) is 2.42. The lowest BCUT2D eigenvalue weighted by atomic mass is 10.1. The van der Waals surface area contributed by atoms with Crippen LogP contribution < -0.4 is 10.1 Å². The largest absolute Gasteiger partial charge is 0.496 e. The van der Waals surface area contributed by atoms with E-state index >= 15 is 0 Å². The minimum absolute atomic E-state index is 0.109. The predicted molar refractivity (Wildman–Crippen MR) is 71.4 cm³/mol. The minimum Gasteiger partial charge on any atom is -0.496 e. The standard InChI is InChI=1S/C13H16N2O4/c1-3-4-5-8-14-13(16)11-7-6-10(15(17)18)9-12(11)19-2/h3-4,6-7,9H,5,8H2,1-2H3,(H,14,16)/b4-3+. The Morgan fingerprint density at radius 1 is 1.53 bits per heavy atom. The third-order valence-corrected chi connectivity index (χ3v) is 2.47. The molecule has 0 spiro atoms. The van der Waals surface area contributed by atoms with Crippen LogP contribution in [0.15, 0.2) is 30.4 Å². The van der Waals surface area contributed by atoms with Crippen molar-refractivity contribution in [3.05, 3.63) is 46.0 Å². The number of hydrogen-bond acceptors (Lipinski definition) is 4. The molecule has 6 heteroatoms. The van der Waals surface area contributed by atoms with Gasteiger partial charge in [-0.05, 0) is 19.4 Å². The van der Waals surface area contributed by atoms with Crippen molar-refractivity contribution in [1.82, 2.24) is 5.32 Å². The molecule has 102 valence electrons. The summed E-state index contributed by atoms with van der Waals surface area (Å²) < 4.78 is 5.01. The molecule has 0 saturated heterocycles. The first-order chi connectivity index (χ1) is 9.10. The van der Waals surface area contributed by atoms with Crippen LogP contribution >= 0.6 is 0 Å². The molecule has 0 aliphatic heterocycles. The number of methoxy groups -OCH3 is 1. The molecule has 0 unspecified atom stereocenters. The van der Waals surface area contributed by atoms with E-state index in [1.807, 2.05) is 19.1 Å². The molecule has 0 bridgehead atoms. The lowest BCUT2D eigenvalue weighted by Gasteiger charge is -2.08. The second kappa shape index (κ2) is 7.15. The fourth-order valence-electron chi connectivity index (χ4n) is 1.51. The van der Waals surface area contributed by atoms with E-state index in [1.54, 1.807) is 0 Å². The van der Waals surface area contributed by atoms with Crippen LogP contribution in [0, 0.1) is 10.1 Å². The van der Waals surface area contributed by atoms with Crippen molar-refractivity contribution in [3.8, 4) is 5.75 Å². The number of allylic oxidation sites excluding steroid dienone is 1. The summed E-state index contributed by atoms with van der Waals surface area (Å²) in [7, 11) is 1.37. The summed E-state index contributed by atoms with van der Waals surface area (Å²) in [6.45, 7) is 2.41. The first-order valence-electron chi connectivity index (χ1n) is 5.82. The number of nitro groups is 1. The van der Waals surface area contributed by atoms with Gasteiger partial charge in [-0.25, -0.2) is 0 Å². The Morgan fingerprint density at radius 2 is 2.26 bits per heavy atom. The molecular formula is C13H16N2O4. The molecule has 0 aliphatic rings. The topological polar surface area (TPSA) is 81.5 Å². The molecule has 1 rings (SSSR count). The molecule has 0 fully saturated rings. The number of carbonyl (C=O) groups is 1. The van der Waals surface area contributed by atoms with E-state index in [0.717, 1.165) is 6.42 Å². The Hall–Kier alpha value is -2.37. The van der Waals surface area contributed by atoms with Crippen molar-refractivity contribution in [2.75, 3.05) is 13.7 Å². The van der Waals surface area contributed by atoms with Gasteiger partial charge in [0.15, 0.2) is 0 Å². The van der Waals surface area contributed by atoms with Gasteiger partial charge in [0.05, 0.1) is 23.7 Å². The average molecular weight is 264 g/mol. The number of nitrogens with zero attached hydrogens (tertiary/aromatic N) is 1. The molecule has 1 N–H and O–H groups in total. The third kappa shape index (κ3) is 4.09. The van der Waals surface area contributed by atoms with Crippen LogP contribution in [-0.4, -0.2) is 24.5 Å². The molecule has 0 aliphatic carbocycles. The summed E-state index contributed by atoms with van der Waals surface area (Å²) in [5, 5.41) is 13.4. The molecule has 0 heterocycles. The second-order valence-electron chi connectivity index (χ2n) is 3.76. The highest BCUT2D eigenvalue weighted by atomic mass is 16.6. The van der Waals surface area contributed by atoms with Gasteiger partial charge in [-0.2, -0.15) is 0 Å². The van der Waals surface area contributed by atoms with Crippen LogP contribution in [0.4, 0.5) is 5.69 Å². The van der Waals surface area contributed by atoms with E-state index in [2.05, 4.69) is 5.32 Å². The fraction of sp³-hybridized carbons (Fsp3) is 0.308. The zero-order chi connectivity index (χ0) is 14.3. The van der Waals surface area contributed by atoms with Crippen molar-refractivity contribution in [1.29, 1.82) is 0 Å². The highest BCUT2D eigenvalue weighted by molar-refractivity contribution is 5.97. The predicted octanol–water partition coefficient (Wildman–Crippen LogP) is 2.30. The quantitative estimate of drug-likeness (QED) is 0.370. The molecule has 0 saturated carbocycles. The second-order valence-corrected chi connectivity index (χ2v) is 3.76. The van der Waals surface area contributed by atoms with Gasteiger partial charge in [-0.15, -0.1) is 0 Å². The number of rotatable bonds is 6.